The molecule has 0 radical (unpaired) electrons. The van der Waals surface area contributed by atoms with Crippen molar-refractivity contribution in [1.29, 1.82) is 0 Å². The molecule has 0 amide bonds. The van der Waals surface area contributed by atoms with Crippen LogP contribution in [0.5, 0.6) is 0 Å². The predicted molar refractivity (Wildman–Crippen MR) is 60.1 cm³/mol. The Bertz CT molecular complexity index is 175. The minimum Gasteiger partial charge on any atom is -0.329 e. The van der Waals surface area contributed by atoms with Crippen LogP contribution in [0.25, 0.3) is 0 Å². The molecule has 0 atom stereocenters. The van der Waals surface area contributed by atoms with Crippen LogP contribution in [-0.4, -0.2) is 35.9 Å². The SMILES string of the molecule is CC(C)OC[N+]1(C(C)(C)C)CCCC1. The molecule has 0 N–H and O–H groups in total. The van der Waals surface area contributed by atoms with E-state index in [9.17, 15) is 0 Å². The second-order valence-electron chi connectivity index (χ2n) is 5.81. The van der Waals surface area contributed by atoms with Crippen molar-refractivity contribution in [1.82, 2.24) is 0 Å². The zero-order chi connectivity index (χ0) is 10.8. The summed E-state index contributed by atoms with van der Waals surface area (Å²) in [7, 11) is 0. The van der Waals surface area contributed by atoms with Crippen LogP contribution in [-0.2, 0) is 4.74 Å². The smallest absolute Gasteiger partial charge is 0.183 e. The lowest BCUT2D eigenvalue weighted by Crippen LogP contribution is -2.59. The highest BCUT2D eigenvalue weighted by Gasteiger charge is 2.42. The van der Waals surface area contributed by atoms with Crippen LogP contribution in [0.2, 0.25) is 0 Å². The molecular formula is C12H26NO+. The van der Waals surface area contributed by atoms with E-state index in [1.165, 1.54) is 25.9 Å². The molecule has 0 aromatic carbocycles. The first-order chi connectivity index (χ1) is 6.37. The van der Waals surface area contributed by atoms with Gasteiger partial charge in [0.1, 0.15) is 0 Å². The second kappa shape index (κ2) is 4.19. The Labute approximate surface area is 88.8 Å². The highest BCUT2D eigenvalue weighted by Crippen LogP contribution is 2.31. The van der Waals surface area contributed by atoms with Gasteiger partial charge in [0.2, 0.25) is 0 Å². The molecule has 1 heterocycles. The lowest BCUT2D eigenvalue weighted by molar-refractivity contribution is -0.977. The maximum Gasteiger partial charge on any atom is 0.183 e. The van der Waals surface area contributed by atoms with Gasteiger partial charge in [0, 0.05) is 12.8 Å². The van der Waals surface area contributed by atoms with Crippen molar-refractivity contribution in [3.63, 3.8) is 0 Å². The maximum atomic E-state index is 5.83. The molecule has 1 aliphatic rings. The van der Waals surface area contributed by atoms with Gasteiger partial charge < -0.3 is 4.74 Å². The van der Waals surface area contributed by atoms with Gasteiger partial charge in [-0.15, -0.1) is 0 Å². The molecule has 0 bridgehead atoms. The molecule has 0 aliphatic carbocycles. The molecule has 1 saturated heterocycles. The van der Waals surface area contributed by atoms with Gasteiger partial charge in [0.15, 0.2) is 6.73 Å². The first-order valence-corrected chi connectivity index (χ1v) is 5.85. The number of likely N-dealkylation sites (tertiary alicyclic amines) is 1. The fourth-order valence-electron chi connectivity index (χ4n) is 2.23. The Morgan fingerprint density at radius 2 is 1.64 bits per heavy atom. The van der Waals surface area contributed by atoms with Gasteiger partial charge >= 0.3 is 0 Å². The summed E-state index contributed by atoms with van der Waals surface area (Å²) in [4.78, 5) is 0. The van der Waals surface area contributed by atoms with Gasteiger partial charge in [-0.25, -0.2) is 0 Å². The van der Waals surface area contributed by atoms with Crippen molar-refractivity contribution in [2.75, 3.05) is 19.8 Å². The lowest BCUT2D eigenvalue weighted by Gasteiger charge is -2.45. The molecule has 1 rings (SSSR count). The normalized spacial score (nSPS) is 21.9. The van der Waals surface area contributed by atoms with E-state index in [1.54, 1.807) is 0 Å². The van der Waals surface area contributed by atoms with Crippen LogP contribution in [0.15, 0.2) is 0 Å². The van der Waals surface area contributed by atoms with Gasteiger partial charge in [-0.2, -0.15) is 0 Å². The lowest BCUT2D eigenvalue weighted by atomic mass is 10.0. The van der Waals surface area contributed by atoms with Gasteiger partial charge in [0.25, 0.3) is 0 Å². The minimum atomic E-state index is 0.325. The Morgan fingerprint density at radius 1 is 1.14 bits per heavy atom. The first-order valence-electron chi connectivity index (χ1n) is 5.85. The third kappa shape index (κ3) is 2.48. The van der Waals surface area contributed by atoms with Gasteiger partial charge in [0.05, 0.1) is 24.7 Å². The molecule has 0 saturated carbocycles. The van der Waals surface area contributed by atoms with Crippen LogP contribution in [0.4, 0.5) is 0 Å². The fourth-order valence-corrected chi connectivity index (χ4v) is 2.23. The largest absolute Gasteiger partial charge is 0.329 e. The van der Waals surface area contributed by atoms with E-state index >= 15 is 0 Å². The Hall–Kier alpha value is -0.0800. The van der Waals surface area contributed by atoms with E-state index in [0.29, 0.717) is 11.6 Å². The summed E-state index contributed by atoms with van der Waals surface area (Å²) in [5.74, 6) is 0. The monoisotopic (exact) mass is 200 g/mol. The summed E-state index contributed by atoms with van der Waals surface area (Å²) in [6.07, 6.45) is 3.07. The number of hydrogen-bond acceptors (Lipinski definition) is 1. The molecular weight excluding hydrogens is 174 g/mol. The van der Waals surface area contributed by atoms with Crippen LogP contribution >= 0.6 is 0 Å². The van der Waals surface area contributed by atoms with E-state index in [0.717, 1.165) is 11.2 Å². The van der Waals surface area contributed by atoms with Crippen molar-refractivity contribution in [2.45, 2.75) is 59.1 Å². The number of hydrogen-bond donors (Lipinski definition) is 0. The quantitative estimate of drug-likeness (QED) is 0.637. The Kier molecular flexibility index (Phi) is 3.59. The zero-order valence-corrected chi connectivity index (χ0v) is 10.5. The van der Waals surface area contributed by atoms with Crippen LogP contribution in [0.1, 0.15) is 47.5 Å². The molecule has 0 unspecified atom stereocenters. The number of nitrogens with zero attached hydrogens (tertiary/aromatic N) is 1. The third-order valence-electron chi connectivity index (χ3n) is 3.50. The molecule has 14 heavy (non-hydrogen) atoms. The summed E-state index contributed by atoms with van der Waals surface area (Å²) >= 11 is 0. The summed E-state index contributed by atoms with van der Waals surface area (Å²) in [6.45, 7) is 14.7. The molecule has 0 aromatic heterocycles. The fraction of sp³-hybridized carbons (Fsp3) is 1.00. The molecule has 2 heteroatoms. The van der Waals surface area contributed by atoms with E-state index < -0.39 is 0 Å². The number of ether oxygens (including phenoxy) is 1. The van der Waals surface area contributed by atoms with Crippen molar-refractivity contribution in [3.05, 3.63) is 0 Å². The van der Waals surface area contributed by atoms with Crippen molar-refractivity contribution in [2.24, 2.45) is 0 Å². The molecule has 0 spiro atoms. The van der Waals surface area contributed by atoms with E-state index in [2.05, 4.69) is 34.6 Å². The summed E-state index contributed by atoms with van der Waals surface area (Å²) in [6, 6.07) is 0. The van der Waals surface area contributed by atoms with E-state index in [4.69, 9.17) is 4.74 Å². The molecule has 1 aliphatic heterocycles. The Balaban J connectivity index is 2.63. The summed E-state index contributed by atoms with van der Waals surface area (Å²) < 4.78 is 6.97. The van der Waals surface area contributed by atoms with Crippen molar-refractivity contribution in [3.8, 4) is 0 Å². The average molecular weight is 200 g/mol. The number of rotatable bonds is 3. The topological polar surface area (TPSA) is 9.23 Å². The average Bonchev–Trinajstić information content (AvgIpc) is 2.48. The summed E-state index contributed by atoms with van der Waals surface area (Å²) in [5.41, 5.74) is 0.325. The van der Waals surface area contributed by atoms with Gasteiger partial charge in [-0.1, -0.05) is 0 Å². The molecule has 84 valence electrons. The minimum absolute atomic E-state index is 0.325. The highest BCUT2D eigenvalue weighted by molar-refractivity contribution is 4.67. The second-order valence-corrected chi connectivity index (χ2v) is 5.81. The molecule has 0 aromatic rings. The van der Waals surface area contributed by atoms with Crippen LogP contribution in [0, 0.1) is 0 Å². The molecule has 2 nitrogen and oxygen atoms in total. The van der Waals surface area contributed by atoms with Crippen LogP contribution < -0.4 is 0 Å². The zero-order valence-electron chi connectivity index (χ0n) is 10.5. The predicted octanol–water partition coefficient (Wildman–Crippen LogP) is 2.78. The van der Waals surface area contributed by atoms with E-state index in [-0.39, 0.29) is 0 Å². The first kappa shape index (κ1) is 12.0. The Morgan fingerprint density at radius 3 is 2.00 bits per heavy atom. The van der Waals surface area contributed by atoms with E-state index in [1.807, 2.05) is 0 Å². The maximum absolute atomic E-state index is 5.83. The van der Waals surface area contributed by atoms with Crippen molar-refractivity contribution < 1.29 is 9.22 Å². The standard InChI is InChI=1S/C12H26NO/c1-11(2)14-10-13(12(3,4)5)8-6-7-9-13/h11H,6-10H2,1-5H3/q+1. The van der Waals surface area contributed by atoms with Crippen molar-refractivity contribution >= 4 is 0 Å². The third-order valence-corrected chi connectivity index (χ3v) is 3.50. The molecule has 1 fully saturated rings. The number of quaternary nitrogens is 1. The highest BCUT2D eigenvalue weighted by atomic mass is 16.5. The summed E-state index contributed by atoms with van der Waals surface area (Å²) in [5, 5.41) is 0. The van der Waals surface area contributed by atoms with Crippen LogP contribution in [0.3, 0.4) is 0 Å². The van der Waals surface area contributed by atoms with Gasteiger partial charge in [-0.3, -0.25) is 4.48 Å². The van der Waals surface area contributed by atoms with Gasteiger partial charge in [-0.05, 0) is 34.6 Å².